The van der Waals surface area contributed by atoms with Gasteiger partial charge in [0.2, 0.25) is 10.0 Å². The molecule has 1 aromatic carbocycles. The molecule has 0 heterocycles. The average molecular weight is 245 g/mol. The predicted octanol–water partition coefficient (Wildman–Crippen LogP) is 1.21. The Morgan fingerprint density at radius 2 is 2.06 bits per heavy atom. The van der Waals surface area contributed by atoms with Crippen LogP contribution in [0.2, 0.25) is 0 Å². The van der Waals surface area contributed by atoms with Crippen molar-refractivity contribution in [1.29, 1.82) is 0 Å². The monoisotopic (exact) mass is 245 g/mol. The van der Waals surface area contributed by atoms with E-state index in [9.17, 15) is 18.6 Å². The lowest BCUT2D eigenvalue weighted by atomic mass is 10.1. The van der Waals surface area contributed by atoms with Crippen molar-refractivity contribution in [1.82, 2.24) is 0 Å². The van der Waals surface area contributed by atoms with E-state index in [1.54, 1.807) is 13.0 Å². The number of rotatable bonds is 4. The molecule has 0 spiro atoms. The highest BCUT2D eigenvalue weighted by Crippen LogP contribution is 2.28. The van der Waals surface area contributed by atoms with E-state index in [-0.39, 0.29) is 11.4 Å². The van der Waals surface area contributed by atoms with Crippen molar-refractivity contribution in [3.63, 3.8) is 0 Å². The smallest absolute Gasteiger partial charge is 0.229 e. The Morgan fingerprint density at radius 1 is 1.44 bits per heavy atom. The number of phenolic OH excluding ortho intramolecular Hbond substituents is 1. The molecule has 0 fully saturated rings. The topological polar surface area (TPSA) is 86.6 Å². The molecule has 5 nitrogen and oxygen atoms in total. The lowest BCUT2D eigenvalue weighted by molar-refractivity contribution is 0.173. The van der Waals surface area contributed by atoms with Crippen LogP contribution in [0, 0.1) is 0 Å². The largest absolute Gasteiger partial charge is 0.506 e. The number of nitrogens with one attached hydrogen (secondary N) is 1. The van der Waals surface area contributed by atoms with Crippen molar-refractivity contribution >= 4 is 15.7 Å². The molecule has 0 saturated carbocycles. The molecular weight excluding hydrogens is 230 g/mol. The summed E-state index contributed by atoms with van der Waals surface area (Å²) in [5, 5.41) is 19.0. The van der Waals surface area contributed by atoms with Gasteiger partial charge in [0.25, 0.3) is 0 Å². The number of benzene rings is 1. The molecule has 0 unspecified atom stereocenters. The van der Waals surface area contributed by atoms with Crippen molar-refractivity contribution in [3.8, 4) is 5.75 Å². The lowest BCUT2D eigenvalue weighted by Crippen LogP contribution is -2.10. The molecule has 0 amide bonds. The van der Waals surface area contributed by atoms with Gasteiger partial charge in [0, 0.05) is 0 Å². The fourth-order valence-corrected chi connectivity index (χ4v) is 1.84. The van der Waals surface area contributed by atoms with Crippen LogP contribution in [-0.4, -0.2) is 24.9 Å². The summed E-state index contributed by atoms with van der Waals surface area (Å²) >= 11 is 0. The van der Waals surface area contributed by atoms with Crippen LogP contribution in [0.3, 0.4) is 0 Å². The number of hydrogen-bond donors (Lipinski definition) is 3. The summed E-state index contributed by atoms with van der Waals surface area (Å²) in [5.74, 6) is -0.169. The number of hydrogen-bond acceptors (Lipinski definition) is 4. The SMILES string of the molecule is CC[C@H](O)c1ccc(O)c(NS(C)(=O)=O)c1. The predicted molar refractivity (Wildman–Crippen MR) is 61.8 cm³/mol. The highest BCUT2D eigenvalue weighted by molar-refractivity contribution is 7.92. The van der Waals surface area contributed by atoms with E-state index in [4.69, 9.17) is 0 Å². The normalized spacial score (nSPS) is 13.4. The second kappa shape index (κ2) is 4.71. The Balaban J connectivity index is 3.09. The second-order valence-corrected chi connectivity index (χ2v) is 5.32. The zero-order valence-corrected chi connectivity index (χ0v) is 9.95. The summed E-state index contributed by atoms with van der Waals surface area (Å²) in [6, 6.07) is 4.32. The standard InChI is InChI=1S/C10H15NO4S/c1-3-9(12)7-4-5-10(13)8(6-7)11-16(2,14)15/h4-6,9,11-13H,3H2,1-2H3/t9-/m0/s1. The number of sulfonamides is 1. The summed E-state index contributed by atoms with van der Waals surface area (Å²) in [7, 11) is -3.44. The van der Waals surface area contributed by atoms with Crippen molar-refractivity contribution in [2.24, 2.45) is 0 Å². The van der Waals surface area contributed by atoms with Gasteiger partial charge in [-0.1, -0.05) is 13.0 Å². The van der Waals surface area contributed by atoms with E-state index in [1.807, 2.05) is 0 Å². The number of aliphatic hydroxyl groups is 1. The summed E-state index contributed by atoms with van der Waals surface area (Å²) < 4.78 is 24.2. The Bertz CT molecular complexity index is 470. The Kier molecular flexibility index (Phi) is 3.77. The van der Waals surface area contributed by atoms with Crippen molar-refractivity contribution < 1.29 is 18.6 Å². The number of aromatic hydroxyl groups is 1. The van der Waals surface area contributed by atoms with E-state index in [0.29, 0.717) is 12.0 Å². The molecule has 1 aromatic rings. The molecule has 16 heavy (non-hydrogen) atoms. The van der Waals surface area contributed by atoms with E-state index in [1.165, 1.54) is 12.1 Å². The first kappa shape index (κ1) is 12.8. The molecule has 0 aromatic heterocycles. The van der Waals surface area contributed by atoms with Crippen LogP contribution in [0.25, 0.3) is 0 Å². The lowest BCUT2D eigenvalue weighted by Gasteiger charge is -2.12. The van der Waals surface area contributed by atoms with Crippen LogP contribution in [0.4, 0.5) is 5.69 Å². The molecule has 1 rings (SSSR count). The van der Waals surface area contributed by atoms with Crippen LogP contribution >= 0.6 is 0 Å². The van der Waals surface area contributed by atoms with Crippen molar-refractivity contribution in [2.45, 2.75) is 19.4 Å². The molecule has 0 aliphatic rings. The van der Waals surface area contributed by atoms with Crippen molar-refractivity contribution in [2.75, 3.05) is 11.0 Å². The zero-order chi connectivity index (χ0) is 12.3. The second-order valence-electron chi connectivity index (χ2n) is 3.57. The van der Waals surface area contributed by atoms with Crippen LogP contribution in [0.1, 0.15) is 25.0 Å². The molecular formula is C10H15NO4S. The summed E-state index contributed by atoms with van der Waals surface area (Å²) in [6.45, 7) is 1.81. The summed E-state index contributed by atoms with van der Waals surface area (Å²) in [6.07, 6.45) is 0.846. The van der Waals surface area contributed by atoms with Gasteiger partial charge in [0.05, 0.1) is 18.0 Å². The Labute approximate surface area is 94.8 Å². The third kappa shape index (κ3) is 3.39. The van der Waals surface area contributed by atoms with Crippen LogP contribution in [-0.2, 0) is 10.0 Å². The Morgan fingerprint density at radius 3 is 2.56 bits per heavy atom. The fourth-order valence-electron chi connectivity index (χ4n) is 1.28. The molecule has 1 atom stereocenters. The third-order valence-corrected chi connectivity index (χ3v) is 2.68. The van der Waals surface area contributed by atoms with Gasteiger partial charge in [0.15, 0.2) is 0 Å². The van der Waals surface area contributed by atoms with E-state index < -0.39 is 16.1 Å². The maximum Gasteiger partial charge on any atom is 0.229 e. The average Bonchev–Trinajstić information content (AvgIpc) is 2.18. The quantitative estimate of drug-likeness (QED) is 0.696. The van der Waals surface area contributed by atoms with Crippen LogP contribution in [0.5, 0.6) is 5.75 Å². The van der Waals surface area contributed by atoms with Gasteiger partial charge >= 0.3 is 0 Å². The maximum atomic E-state index is 11.0. The highest BCUT2D eigenvalue weighted by atomic mass is 32.2. The first-order chi connectivity index (χ1) is 7.33. The molecule has 0 aliphatic heterocycles. The van der Waals surface area contributed by atoms with Gasteiger partial charge in [-0.3, -0.25) is 4.72 Å². The fraction of sp³-hybridized carbons (Fsp3) is 0.400. The summed E-state index contributed by atoms with van der Waals surface area (Å²) in [4.78, 5) is 0. The minimum Gasteiger partial charge on any atom is -0.506 e. The third-order valence-electron chi connectivity index (χ3n) is 2.09. The molecule has 0 bridgehead atoms. The Hall–Kier alpha value is -1.27. The van der Waals surface area contributed by atoms with Gasteiger partial charge in [-0.25, -0.2) is 8.42 Å². The van der Waals surface area contributed by atoms with Gasteiger partial charge < -0.3 is 10.2 Å². The first-order valence-electron chi connectivity index (χ1n) is 4.82. The molecule has 3 N–H and O–H groups in total. The maximum absolute atomic E-state index is 11.0. The molecule has 0 saturated heterocycles. The highest BCUT2D eigenvalue weighted by Gasteiger charge is 2.11. The minimum absolute atomic E-state index is 0.0764. The number of anilines is 1. The van der Waals surface area contributed by atoms with Gasteiger partial charge in [-0.05, 0) is 24.1 Å². The van der Waals surface area contributed by atoms with E-state index in [0.717, 1.165) is 6.26 Å². The van der Waals surface area contributed by atoms with E-state index in [2.05, 4.69) is 4.72 Å². The van der Waals surface area contributed by atoms with Gasteiger partial charge in [-0.15, -0.1) is 0 Å². The molecule has 0 aliphatic carbocycles. The van der Waals surface area contributed by atoms with E-state index >= 15 is 0 Å². The minimum atomic E-state index is -3.44. The number of aliphatic hydroxyl groups excluding tert-OH is 1. The van der Waals surface area contributed by atoms with Crippen LogP contribution < -0.4 is 4.72 Å². The number of phenols is 1. The molecule has 6 heteroatoms. The van der Waals surface area contributed by atoms with Crippen molar-refractivity contribution in [3.05, 3.63) is 23.8 Å². The molecule has 0 radical (unpaired) electrons. The van der Waals surface area contributed by atoms with Gasteiger partial charge in [-0.2, -0.15) is 0 Å². The summed E-state index contributed by atoms with van der Waals surface area (Å²) in [5.41, 5.74) is 0.638. The molecule has 90 valence electrons. The first-order valence-corrected chi connectivity index (χ1v) is 6.71. The zero-order valence-electron chi connectivity index (χ0n) is 9.14. The van der Waals surface area contributed by atoms with Gasteiger partial charge in [0.1, 0.15) is 5.75 Å². The van der Waals surface area contributed by atoms with Crippen LogP contribution in [0.15, 0.2) is 18.2 Å².